The van der Waals surface area contributed by atoms with Crippen LogP contribution >= 0.6 is 34.8 Å². The number of hydrogen-bond acceptors (Lipinski definition) is 5. The van der Waals surface area contributed by atoms with E-state index in [1.807, 2.05) is 0 Å². The fourth-order valence-corrected chi connectivity index (χ4v) is 2.23. The third-order valence-electron chi connectivity index (χ3n) is 3.37. The van der Waals surface area contributed by atoms with Crippen molar-refractivity contribution in [1.82, 2.24) is 15.7 Å². The molecule has 0 spiro atoms. The second-order valence-electron chi connectivity index (χ2n) is 5.46. The molecule has 1 heterocycles. The Morgan fingerprint density at radius 3 is 2.39 bits per heavy atom. The Kier molecular flexibility index (Phi) is 8.04. The SMILES string of the molecule is CCC(=O)N[C@H](Oc1ccc(/C=N\NC(=O)c2ccncc2)cc1)C(Cl)(Cl)Cl. The summed E-state index contributed by atoms with van der Waals surface area (Å²) in [5, 5.41) is 6.39. The Balaban J connectivity index is 1.96. The van der Waals surface area contributed by atoms with Crippen molar-refractivity contribution < 1.29 is 14.3 Å². The van der Waals surface area contributed by atoms with Gasteiger partial charge in [0.15, 0.2) is 0 Å². The van der Waals surface area contributed by atoms with Crippen LogP contribution in [-0.4, -0.2) is 33.0 Å². The molecular weight excluding hydrogens is 427 g/mol. The minimum absolute atomic E-state index is 0.223. The maximum absolute atomic E-state index is 11.9. The molecule has 2 rings (SSSR count). The molecular formula is C18H17Cl3N4O3. The van der Waals surface area contributed by atoms with E-state index in [0.717, 1.165) is 0 Å². The van der Waals surface area contributed by atoms with Gasteiger partial charge in [-0.15, -0.1) is 0 Å². The lowest BCUT2D eigenvalue weighted by atomic mass is 10.2. The fourth-order valence-electron chi connectivity index (χ4n) is 1.93. The predicted octanol–water partition coefficient (Wildman–Crippen LogP) is 3.45. The van der Waals surface area contributed by atoms with Gasteiger partial charge in [0.1, 0.15) is 5.75 Å². The zero-order chi connectivity index (χ0) is 20.6. The molecule has 2 amide bonds. The van der Waals surface area contributed by atoms with E-state index in [2.05, 4.69) is 20.8 Å². The summed E-state index contributed by atoms with van der Waals surface area (Å²) in [5.41, 5.74) is 3.56. The molecule has 0 unspecified atom stereocenters. The lowest BCUT2D eigenvalue weighted by Crippen LogP contribution is -2.47. The van der Waals surface area contributed by atoms with Gasteiger partial charge in [-0.25, -0.2) is 5.43 Å². The average Bonchev–Trinajstić information content (AvgIpc) is 2.68. The van der Waals surface area contributed by atoms with Crippen LogP contribution in [-0.2, 0) is 4.79 Å². The molecule has 1 aromatic heterocycles. The number of nitrogens with one attached hydrogen (secondary N) is 2. The van der Waals surface area contributed by atoms with Crippen LogP contribution in [0.4, 0.5) is 0 Å². The van der Waals surface area contributed by atoms with Crippen molar-refractivity contribution in [1.29, 1.82) is 0 Å². The molecule has 28 heavy (non-hydrogen) atoms. The van der Waals surface area contributed by atoms with Crippen LogP contribution in [0.3, 0.4) is 0 Å². The van der Waals surface area contributed by atoms with E-state index in [4.69, 9.17) is 39.5 Å². The summed E-state index contributed by atoms with van der Waals surface area (Å²) in [7, 11) is 0. The number of pyridine rings is 1. The van der Waals surface area contributed by atoms with E-state index in [9.17, 15) is 9.59 Å². The van der Waals surface area contributed by atoms with Crippen LogP contribution in [0.5, 0.6) is 5.75 Å². The van der Waals surface area contributed by atoms with Crippen molar-refractivity contribution in [3.63, 3.8) is 0 Å². The molecule has 10 heteroatoms. The Hall–Kier alpha value is -2.35. The Labute approximate surface area is 177 Å². The van der Waals surface area contributed by atoms with Crippen molar-refractivity contribution in [2.24, 2.45) is 5.10 Å². The van der Waals surface area contributed by atoms with E-state index in [1.165, 1.54) is 18.6 Å². The summed E-state index contributed by atoms with van der Waals surface area (Å²) in [4.78, 5) is 27.3. The van der Waals surface area contributed by atoms with Gasteiger partial charge in [0.2, 0.25) is 15.9 Å². The van der Waals surface area contributed by atoms with E-state index < -0.39 is 10.0 Å². The maximum Gasteiger partial charge on any atom is 0.271 e. The first-order valence-corrected chi connectivity index (χ1v) is 9.29. The molecule has 0 aliphatic heterocycles. The monoisotopic (exact) mass is 442 g/mol. The van der Waals surface area contributed by atoms with Crippen LogP contribution in [0.25, 0.3) is 0 Å². The highest BCUT2D eigenvalue weighted by Crippen LogP contribution is 2.32. The van der Waals surface area contributed by atoms with Crippen LogP contribution in [0.1, 0.15) is 29.3 Å². The molecule has 0 fully saturated rings. The minimum atomic E-state index is -1.85. The first kappa shape index (κ1) is 21.9. The van der Waals surface area contributed by atoms with Gasteiger partial charge in [0, 0.05) is 24.4 Å². The molecule has 0 aliphatic rings. The van der Waals surface area contributed by atoms with Gasteiger partial charge in [-0.2, -0.15) is 5.10 Å². The highest BCUT2D eigenvalue weighted by molar-refractivity contribution is 6.68. The smallest absolute Gasteiger partial charge is 0.271 e. The number of rotatable bonds is 7. The molecule has 1 aromatic carbocycles. The van der Waals surface area contributed by atoms with Gasteiger partial charge in [-0.3, -0.25) is 14.6 Å². The normalized spacial score (nSPS) is 12.4. The molecule has 2 aromatic rings. The van der Waals surface area contributed by atoms with Crippen molar-refractivity contribution in [2.75, 3.05) is 0 Å². The van der Waals surface area contributed by atoms with E-state index >= 15 is 0 Å². The molecule has 0 saturated carbocycles. The highest BCUT2D eigenvalue weighted by atomic mass is 35.6. The van der Waals surface area contributed by atoms with Gasteiger partial charge in [-0.1, -0.05) is 41.7 Å². The maximum atomic E-state index is 11.9. The molecule has 7 nitrogen and oxygen atoms in total. The largest absolute Gasteiger partial charge is 0.466 e. The number of carbonyl (C=O) groups is 2. The van der Waals surface area contributed by atoms with E-state index in [-0.39, 0.29) is 18.2 Å². The van der Waals surface area contributed by atoms with Gasteiger partial charge in [0.25, 0.3) is 5.91 Å². The van der Waals surface area contributed by atoms with Crippen LogP contribution in [0, 0.1) is 0 Å². The standard InChI is InChI=1S/C18H17Cl3N4O3/c1-2-15(26)24-17(18(19,20)21)28-14-5-3-12(4-6-14)11-23-25-16(27)13-7-9-22-10-8-13/h3-11,17H,2H2,1H3,(H,24,26)(H,25,27)/b23-11-/t17-/m1/s1. The number of nitrogens with zero attached hydrogens (tertiary/aromatic N) is 2. The molecule has 0 bridgehead atoms. The summed E-state index contributed by atoms with van der Waals surface area (Å²) in [6.07, 6.45) is 3.58. The number of halogens is 3. The number of alkyl halides is 3. The van der Waals surface area contributed by atoms with E-state index in [1.54, 1.807) is 43.3 Å². The van der Waals surface area contributed by atoms with Gasteiger partial charge >= 0.3 is 0 Å². The molecule has 148 valence electrons. The zero-order valence-electron chi connectivity index (χ0n) is 14.7. The number of aromatic nitrogens is 1. The third-order valence-corrected chi connectivity index (χ3v) is 3.96. The molecule has 0 aliphatic carbocycles. The van der Waals surface area contributed by atoms with Crippen molar-refractivity contribution in [3.05, 3.63) is 59.9 Å². The second-order valence-corrected chi connectivity index (χ2v) is 7.83. The third kappa shape index (κ3) is 6.99. The summed E-state index contributed by atoms with van der Waals surface area (Å²) in [5.74, 6) is -0.286. The van der Waals surface area contributed by atoms with Crippen LogP contribution in [0.2, 0.25) is 0 Å². The van der Waals surface area contributed by atoms with Gasteiger partial charge < -0.3 is 10.1 Å². The summed E-state index contributed by atoms with van der Waals surface area (Å²) in [6.45, 7) is 1.67. The number of benzene rings is 1. The van der Waals surface area contributed by atoms with Gasteiger partial charge in [-0.05, 0) is 42.0 Å². The van der Waals surface area contributed by atoms with Crippen molar-refractivity contribution >= 4 is 52.8 Å². The second kappa shape index (κ2) is 10.3. The highest BCUT2D eigenvalue weighted by Gasteiger charge is 2.35. The number of carbonyl (C=O) groups excluding carboxylic acids is 2. The fraction of sp³-hybridized carbons (Fsp3) is 0.222. The average molecular weight is 444 g/mol. The molecule has 1 atom stereocenters. The number of amides is 2. The van der Waals surface area contributed by atoms with Crippen LogP contribution in [0.15, 0.2) is 53.9 Å². The number of hydrazone groups is 1. The Morgan fingerprint density at radius 2 is 1.82 bits per heavy atom. The zero-order valence-corrected chi connectivity index (χ0v) is 17.0. The number of hydrogen-bond donors (Lipinski definition) is 2. The first-order valence-electron chi connectivity index (χ1n) is 8.16. The van der Waals surface area contributed by atoms with Crippen molar-refractivity contribution in [2.45, 2.75) is 23.4 Å². The quantitative estimate of drug-likeness (QED) is 0.297. The topological polar surface area (TPSA) is 92.7 Å². The van der Waals surface area contributed by atoms with Crippen LogP contribution < -0.4 is 15.5 Å². The number of ether oxygens (including phenoxy) is 1. The lowest BCUT2D eigenvalue weighted by molar-refractivity contribution is -0.123. The molecule has 2 N–H and O–H groups in total. The van der Waals surface area contributed by atoms with Gasteiger partial charge in [0.05, 0.1) is 6.21 Å². The summed E-state index contributed by atoms with van der Waals surface area (Å²) in [6, 6.07) is 9.77. The van der Waals surface area contributed by atoms with E-state index in [0.29, 0.717) is 16.9 Å². The lowest BCUT2D eigenvalue weighted by Gasteiger charge is -2.26. The molecule has 0 radical (unpaired) electrons. The molecule has 0 saturated heterocycles. The first-order chi connectivity index (χ1) is 13.3. The minimum Gasteiger partial charge on any atom is -0.466 e. The Bertz CT molecular complexity index is 824. The summed E-state index contributed by atoms with van der Waals surface area (Å²) >= 11 is 17.6. The van der Waals surface area contributed by atoms with Crippen molar-refractivity contribution in [3.8, 4) is 5.75 Å². The summed E-state index contributed by atoms with van der Waals surface area (Å²) < 4.78 is 3.71. The Morgan fingerprint density at radius 1 is 1.18 bits per heavy atom. The predicted molar refractivity (Wildman–Crippen MR) is 109 cm³/mol.